The Balaban J connectivity index is 1.71. The zero-order chi connectivity index (χ0) is 14.9. The van der Waals surface area contributed by atoms with Crippen molar-refractivity contribution in [3.63, 3.8) is 0 Å². The van der Waals surface area contributed by atoms with Crippen LogP contribution in [0.2, 0.25) is 0 Å². The summed E-state index contributed by atoms with van der Waals surface area (Å²) in [6, 6.07) is 10.1. The first kappa shape index (κ1) is 13.1. The molecule has 1 aromatic rings. The Labute approximate surface area is 130 Å². The number of nitrogens with one attached hydrogen (secondary N) is 2. The zero-order valence-corrected chi connectivity index (χ0v) is 12.8. The molecule has 4 heteroatoms. The number of carbonyl (C=O) groups excluding carboxylic acids is 1. The van der Waals surface area contributed by atoms with E-state index in [1.165, 1.54) is 19.3 Å². The fourth-order valence-corrected chi connectivity index (χ4v) is 5.96. The molecule has 6 rings (SSSR count). The number of hydrogen-bond acceptors (Lipinski definition) is 4. The molecule has 2 saturated carbocycles. The van der Waals surface area contributed by atoms with Gasteiger partial charge in [-0.25, -0.2) is 15.6 Å². The topological polar surface area (TPSA) is 50.4 Å². The highest BCUT2D eigenvalue weighted by molar-refractivity contribution is 5.85. The minimum absolute atomic E-state index is 0.0897. The van der Waals surface area contributed by atoms with E-state index in [0.29, 0.717) is 23.7 Å². The van der Waals surface area contributed by atoms with Gasteiger partial charge in [0.15, 0.2) is 11.3 Å². The summed E-state index contributed by atoms with van der Waals surface area (Å²) < 4.78 is 6.03. The quantitative estimate of drug-likeness (QED) is 0.823. The largest absolute Gasteiger partial charge is 0.441 e. The lowest BCUT2D eigenvalue weighted by molar-refractivity contribution is -0.251. The summed E-state index contributed by atoms with van der Waals surface area (Å²) >= 11 is 0. The summed E-state index contributed by atoms with van der Waals surface area (Å²) in [5.74, 6) is 2.05. The van der Waals surface area contributed by atoms with Crippen LogP contribution in [0.3, 0.4) is 0 Å². The number of hydrogen-bond donors (Lipinski definition) is 2. The molecule has 0 amide bonds. The van der Waals surface area contributed by atoms with Crippen LogP contribution in [0.25, 0.3) is 0 Å². The third kappa shape index (κ3) is 1.30. The highest BCUT2D eigenvalue weighted by Crippen LogP contribution is 2.65. The summed E-state index contributed by atoms with van der Waals surface area (Å²) in [5.41, 5.74) is 6.67. The lowest BCUT2D eigenvalue weighted by Gasteiger charge is -2.62. The molecule has 0 spiro atoms. The third-order valence-electron chi connectivity index (χ3n) is 6.78. The minimum atomic E-state index is -0.706. The Kier molecular flexibility index (Phi) is 2.45. The monoisotopic (exact) mass is 298 g/mol. The van der Waals surface area contributed by atoms with Gasteiger partial charge in [-0.15, -0.1) is 0 Å². The average Bonchev–Trinajstić information content (AvgIpc) is 3.19. The number of esters is 1. The third-order valence-corrected chi connectivity index (χ3v) is 6.78. The molecule has 2 N–H and O–H groups in total. The molecule has 0 aromatic heterocycles. The molecule has 22 heavy (non-hydrogen) atoms. The molecule has 6 atom stereocenters. The molecule has 116 valence electrons. The van der Waals surface area contributed by atoms with E-state index in [0.717, 1.165) is 12.0 Å². The minimum Gasteiger partial charge on any atom is -0.441 e. The van der Waals surface area contributed by atoms with Gasteiger partial charge < -0.3 is 4.74 Å². The fourth-order valence-electron chi connectivity index (χ4n) is 5.96. The normalized spacial score (nSPS) is 48.3. The molecule has 4 nitrogen and oxygen atoms in total. The maximum absolute atomic E-state index is 13.0. The van der Waals surface area contributed by atoms with E-state index >= 15 is 0 Å². The summed E-state index contributed by atoms with van der Waals surface area (Å²) in [7, 11) is 0. The van der Waals surface area contributed by atoms with Gasteiger partial charge in [-0.05, 0) is 43.1 Å². The van der Waals surface area contributed by atoms with Crippen molar-refractivity contribution in [2.45, 2.75) is 43.9 Å². The van der Waals surface area contributed by atoms with Crippen molar-refractivity contribution in [2.75, 3.05) is 0 Å². The molecule has 0 unspecified atom stereocenters. The van der Waals surface area contributed by atoms with Gasteiger partial charge in [-0.3, -0.25) is 0 Å². The maximum atomic E-state index is 13.0. The standard InChI is InChI=1S/C18H22N2O2/c1-2-17-14-11-8-9-12(10-11)15(14)18(20-19-17,16(21)22-17)13-6-4-3-5-7-13/h3-7,11-12,14-15,19-20H,2,8-10H2,1H3/t11-,12+,14+,15+,17+,18+/m1/s1. The molecule has 1 aromatic carbocycles. The number of fused-ring (bicyclic) bond motifs is 4. The molecular formula is C18H22N2O2. The molecule has 4 bridgehead atoms. The number of hydrazine groups is 1. The van der Waals surface area contributed by atoms with Crippen molar-refractivity contribution in [1.29, 1.82) is 0 Å². The van der Waals surface area contributed by atoms with Crippen LogP contribution >= 0.6 is 0 Å². The lowest BCUT2D eigenvalue weighted by Crippen LogP contribution is -2.82. The fraction of sp³-hybridized carbons (Fsp3) is 0.611. The molecule has 2 aliphatic carbocycles. The van der Waals surface area contributed by atoms with Gasteiger partial charge in [-0.2, -0.15) is 0 Å². The number of carbonyl (C=O) groups is 1. The van der Waals surface area contributed by atoms with Gasteiger partial charge in [0.25, 0.3) is 0 Å². The first-order chi connectivity index (χ1) is 10.7. The van der Waals surface area contributed by atoms with E-state index in [9.17, 15) is 4.79 Å². The van der Waals surface area contributed by atoms with Gasteiger partial charge >= 0.3 is 5.97 Å². The van der Waals surface area contributed by atoms with Crippen LogP contribution in [0.4, 0.5) is 0 Å². The van der Waals surface area contributed by atoms with Gasteiger partial charge in [0.2, 0.25) is 0 Å². The maximum Gasteiger partial charge on any atom is 0.334 e. The second kappa shape index (κ2) is 4.12. The van der Waals surface area contributed by atoms with Crippen molar-refractivity contribution in [1.82, 2.24) is 10.9 Å². The molecule has 3 heterocycles. The van der Waals surface area contributed by atoms with E-state index in [2.05, 4.69) is 29.9 Å². The second-order valence-corrected chi connectivity index (χ2v) is 7.44. The van der Waals surface area contributed by atoms with E-state index < -0.39 is 11.3 Å². The van der Waals surface area contributed by atoms with Crippen molar-refractivity contribution in [2.24, 2.45) is 23.7 Å². The summed E-state index contributed by atoms with van der Waals surface area (Å²) in [4.78, 5) is 13.0. The molecule has 0 radical (unpaired) electrons. The first-order valence-corrected chi connectivity index (χ1v) is 8.54. The Morgan fingerprint density at radius 3 is 2.55 bits per heavy atom. The number of rotatable bonds is 2. The molecule has 5 fully saturated rings. The highest BCUT2D eigenvalue weighted by Gasteiger charge is 2.73. The van der Waals surface area contributed by atoms with Crippen molar-refractivity contribution in [3.05, 3.63) is 35.9 Å². The molecule has 3 aliphatic heterocycles. The van der Waals surface area contributed by atoms with Crippen molar-refractivity contribution in [3.8, 4) is 0 Å². The van der Waals surface area contributed by atoms with Crippen LogP contribution < -0.4 is 10.9 Å². The second-order valence-electron chi connectivity index (χ2n) is 7.44. The number of benzene rings is 1. The van der Waals surface area contributed by atoms with E-state index in [-0.39, 0.29) is 5.97 Å². The smallest absolute Gasteiger partial charge is 0.334 e. The van der Waals surface area contributed by atoms with E-state index in [1.807, 2.05) is 18.2 Å². The van der Waals surface area contributed by atoms with Gasteiger partial charge in [0.05, 0.1) is 0 Å². The Bertz CT molecular complexity index is 633. The van der Waals surface area contributed by atoms with Gasteiger partial charge in [0.1, 0.15) is 0 Å². The lowest BCUT2D eigenvalue weighted by atomic mass is 9.59. The van der Waals surface area contributed by atoms with Gasteiger partial charge in [-0.1, -0.05) is 37.3 Å². The zero-order valence-electron chi connectivity index (χ0n) is 12.8. The highest BCUT2D eigenvalue weighted by atomic mass is 16.6. The van der Waals surface area contributed by atoms with Crippen molar-refractivity contribution >= 4 is 5.97 Å². The van der Waals surface area contributed by atoms with Crippen molar-refractivity contribution < 1.29 is 9.53 Å². The molecule has 5 aliphatic rings. The predicted octanol–water partition coefficient (Wildman–Crippen LogP) is 2.32. The van der Waals surface area contributed by atoms with Gasteiger partial charge in [0, 0.05) is 11.8 Å². The van der Waals surface area contributed by atoms with Crippen LogP contribution in [-0.4, -0.2) is 11.7 Å². The molecule has 3 saturated heterocycles. The van der Waals surface area contributed by atoms with Crippen LogP contribution in [0.15, 0.2) is 30.3 Å². The van der Waals surface area contributed by atoms with Crippen LogP contribution in [0.5, 0.6) is 0 Å². The first-order valence-electron chi connectivity index (χ1n) is 8.54. The molecular weight excluding hydrogens is 276 g/mol. The van der Waals surface area contributed by atoms with Crippen LogP contribution in [0, 0.1) is 23.7 Å². The SMILES string of the molecule is CC[C@]12NN[C@](c3ccccc3)(C(=O)O1)[C@H]1[C@H]3CC[C@H](C3)[C@@H]12. The van der Waals surface area contributed by atoms with E-state index in [4.69, 9.17) is 4.74 Å². The summed E-state index contributed by atoms with van der Waals surface area (Å²) in [6.07, 6.45) is 4.62. The Morgan fingerprint density at radius 2 is 1.86 bits per heavy atom. The summed E-state index contributed by atoms with van der Waals surface area (Å²) in [5, 5.41) is 0. The predicted molar refractivity (Wildman–Crippen MR) is 81.3 cm³/mol. The Morgan fingerprint density at radius 1 is 1.14 bits per heavy atom. The average molecular weight is 298 g/mol. The number of ether oxygens (including phenoxy) is 1. The summed E-state index contributed by atoms with van der Waals surface area (Å²) in [6.45, 7) is 2.12. The Hall–Kier alpha value is -1.39. The van der Waals surface area contributed by atoms with Crippen LogP contribution in [0.1, 0.15) is 38.2 Å². The van der Waals surface area contributed by atoms with Crippen LogP contribution in [-0.2, 0) is 15.1 Å². The van der Waals surface area contributed by atoms with E-state index in [1.54, 1.807) is 0 Å².